The van der Waals surface area contributed by atoms with Crippen molar-refractivity contribution >= 4 is 10.0 Å². The summed E-state index contributed by atoms with van der Waals surface area (Å²) >= 11 is 0. The Balaban J connectivity index is 2.09. The molecule has 0 N–H and O–H groups in total. The summed E-state index contributed by atoms with van der Waals surface area (Å²) in [5, 5.41) is 3.81. The number of sulfonamides is 1. The molecule has 108 valence electrons. The Morgan fingerprint density at radius 3 is 2.60 bits per heavy atom. The van der Waals surface area contributed by atoms with Gasteiger partial charge in [0.2, 0.25) is 10.0 Å². The quantitative estimate of drug-likeness (QED) is 0.848. The smallest absolute Gasteiger partial charge is 0.218 e. The molecular weight excluding hydrogens is 276 g/mol. The molecule has 1 heterocycles. The van der Waals surface area contributed by atoms with E-state index in [4.69, 9.17) is 4.52 Å². The van der Waals surface area contributed by atoms with E-state index >= 15 is 0 Å². The van der Waals surface area contributed by atoms with Crippen LogP contribution in [-0.2, 0) is 22.3 Å². The number of benzene rings is 1. The van der Waals surface area contributed by atoms with Crippen LogP contribution in [0.5, 0.6) is 0 Å². The fraction of sp³-hybridized carbons (Fsp3) is 0.357. The average Bonchev–Trinajstić information content (AvgIpc) is 2.74. The van der Waals surface area contributed by atoms with Crippen molar-refractivity contribution in [3.63, 3.8) is 0 Å². The van der Waals surface area contributed by atoms with Gasteiger partial charge in [0.05, 0.1) is 18.0 Å². The first-order valence-corrected chi connectivity index (χ1v) is 7.89. The van der Waals surface area contributed by atoms with E-state index in [1.807, 2.05) is 31.2 Å². The highest BCUT2D eigenvalue weighted by Gasteiger charge is 2.20. The molecular formula is C14H18N2O3S. The maximum atomic E-state index is 12.3. The van der Waals surface area contributed by atoms with Crippen LogP contribution in [0.25, 0.3) is 0 Å². The summed E-state index contributed by atoms with van der Waals surface area (Å²) in [5.74, 6) is 0.659. The SMILES string of the molecule is Cc1cccc(CS(=O)(=O)N(C)Cc2cc(C)on2)c1. The van der Waals surface area contributed by atoms with Gasteiger partial charge in [-0.2, -0.15) is 4.31 Å². The van der Waals surface area contributed by atoms with E-state index < -0.39 is 10.0 Å². The number of hydrogen-bond donors (Lipinski definition) is 0. The van der Waals surface area contributed by atoms with Gasteiger partial charge in [-0.1, -0.05) is 35.0 Å². The van der Waals surface area contributed by atoms with Gasteiger partial charge in [-0.05, 0) is 19.4 Å². The minimum Gasteiger partial charge on any atom is -0.361 e. The third-order valence-electron chi connectivity index (χ3n) is 2.97. The third-order valence-corrected chi connectivity index (χ3v) is 4.74. The number of nitrogens with zero attached hydrogens (tertiary/aromatic N) is 2. The Labute approximate surface area is 119 Å². The molecule has 2 aromatic rings. The third kappa shape index (κ3) is 3.68. The normalized spacial score (nSPS) is 12.0. The Kier molecular flexibility index (Phi) is 4.25. The molecule has 2 rings (SSSR count). The van der Waals surface area contributed by atoms with Gasteiger partial charge in [0.1, 0.15) is 5.76 Å². The Morgan fingerprint density at radius 1 is 1.25 bits per heavy atom. The van der Waals surface area contributed by atoms with E-state index in [2.05, 4.69) is 5.16 Å². The van der Waals surface area contributed by atoms with Gasteiger partial charge in [0.25, 0.3) is 0 Å². The minimum absolute atomic E-state index is 0.0119. The van der Waals surface area contributed by atoms with Crippen molar-refractivity contribution < 1.29 is 12.9 Å². The van der Waals surface area contributed by atoms with Gasteiger partial charge in [0, 0.05) is 13.1 Å². The predicted molar refractivity (Wildman–Crippen MR) is 76.5 cm³/mol. The van der Waals surface area contributed by atoms with Crippen LogP contribution in [0.1, 0.15) is 22.6 Å². The largest absolute Gasteiger partial charge is 0.361 e. The van der Waals surface area contributed by atoms with Crippen LogP contribution in [-0.4, -0.2) is 24.9 Å². The molecule has 1 aromatic heterocycles. The Bertz CT molecular complexity index is 692. The highest BCUT2D eigenvalue weighted by molar-refractivity contribution is 7.88. The monoisotopic (exact) mass is 294 g/mol. The number of hydrogen-bond acceptors (Lipinski definition) is 4. The lowest BCUT2D eigenvalue weighted by molar-refractivity contribution is 0.378. The summed E-state index contributed by atoms with van der Waals surface area (Å²) in [6.07, 6.45) is 0. The molecule has 1 aromatic carbocycles. The Morgan fingerprint density at radius 2 is 2.00 bits per heavy atom. The molecule has 20 heavy (non-hydrogen) atoms. The van der Waals surface area contributed by atoms with Crippen molar-refractivity contribution in [3.05, 3.63) is 52.9 Å². The van der Waals surface area contributed by atoms with Crippen molar-refractivity contribution in [2.24, 2.45) is 0 Å². The molecule has 0 bridgehead atoms. The van der Waals surface area contributed by atoms with E-state index in [1.165, 1.54) is 4.31 Å². The van der Waals surface area contributed by atoms with E-state index in [0.29, 0.717) is 11.5 Å². The molecule has 0 fully saturated rings. The van der Waals surface area contributed by atoms with E-state index in [-0.39, 0.29) is 12.3 Å². The lowest BCUT2D eigenvalue weighted by Gasteiger charge is -2.15. The molecule has 0 unspecified atom stereocenters. The molecule has 0 saturated carbocycles. The first kappa shape index (κ1) is 14.7. The second-order valence-electron chi connectivity index (χ2n) is 4.93. The molecule has 0 aliphatic rings. The predicted octanol–water partition coefficient (Wildman–Crippen LogP) is 2.25. The Hall–Kier alpha value is -1.66. The van der Waals surface area contributed by atoms with Crippen LogP contribution in [0.4, 0.5) is 0 Å². The van der Waals surface area contributed by atoms with Crippen molar-refractivity contribution in [2.75, 3.05) is 7.05 Å². The summed E-state index contributed by atoms with van der Waals surface area (Å²) in [6, 6.07) is 9.24. The van der Waals surface area contributed by atoms with E-state index in [1.54, 1.807) is 20.0 Å². The van der Waals surface area contributed by atoms with Gasteiger partial charge in [-0.25, -0.2) is 8.42 Å². The van der Waals surface area contributed by atoms with Gasteiger partial charge in [-0.15, -0.1) is 0 Å². The highest BCUT2D eigenvalue weighted by Crippen LogP contribution is 2.14. The van der Waals surface area contributed by atoms with Crippen molar-refractivity contribution in [1.82, 2.24) is 9.46 Å². The van der Waals surface area contributed by atoms with Crippen molar-refractivity contribution in [1.29, 1.82) is 0 Å². The number of rotatable bonds is 5. The van der Waals surface area contributed by atoms with E-state index in [0.717, 1.165) is 11.1 Å². The summed E-state index contributed by atoms with van der Waals surface area (Å²) < 4.78 is 30.8. The van der Waals surface area contributed by atoms with Crippen LogP contribution in [0, 0.1) is 13.8 Å². The zero-order valence-electron chi connectivity index (χ0n) is 11.8. The van der Waals surface area contributed by atoms with Gasteiger partial charge in [0.15, 0.2) is 0 Å². The first-order chi connectivity index (χ1) is 9.37. The molecule has 0 aliphatic carbocycles. The zero-order valence-corrected chi connectivity index (χ0v) is 12.6. The standard InChI is InChI=1S/C14H18N2O3S/c1-11-5-4-6-13(7-11)10-20(17,18)16(3)9-14-8-12(2)19-15-14/h4-8H,9-10H2,1-3H3. The summed E-state index contributed by atoms with van der Waals surface area (Å²) in [5.41, 5.74) is 2.44. The molecule has 0 radical (unpaired) electrons. The minimum atomic E-state index is -3.37. The molecule has 0 amide bonds. The van der Waals surface area contributed by atoms with Gasteiger partial charge in [-0.3, -0.25) is 0 Å². The van der Waals surface area contributed by atoms with E-state index in [9.17, 15) is 8.42 Å². The fourth-order valence-electron chi connectivity index (χ4n) is 1.94. The maximum Gasteiger partial charge on any atom is 0.218 e. The molecule has 5 nitrogen and oxygen atoms in total. The average molecular weight is 294 g/mol. The topological polar surface area (TPSA) is 63.4 Å². The van der Waals surface area contributed by atoms with Gasteiger partial charge < -0.3 is 4.52 Å². The lowest BCUT2D eigenvalue weighted by Crippen LogP contribution is -2.27. The molecule has 6 heteroatoms. The molecule has 0 aliphatic heterocycles. The molecule has 0 atom stereocenters. The zero-order chi connectivity index (χ0) is 14.8. The van der Waals surface area contributed by atoms with Crippen LogP contribution in [0.2, 0.25) is 0 Å². The highest BCUT2D eigenvalue weighted by atomic mass is 32.2. The fourth-order valence-corrected chi connectivity index (χ4v) is 3.09. The van der Waals surface area contributed by atoms with Crippen LogP contribution >= 0.6 is 0 Å². The second kappa shape index (κ2) is 5.76. The summed E-state index contributed by atoms with van der Waals surface area (Å²) in [4.78, 5) is 0. The van der Waals surface area contributed by atoms with Crippen molar-refractivity contribution in [2.45, 2.75) is 26.1 Å². The summed E-state index contributed by atoms with van der Waals surface area (Å²) in [6.45, 7) is 3.93. The van der Waals surface area contributed by atoms with Gasteiger partial charge >= 0.3 is 0 Å². The summed E-state index contributed by atoms with van der Waals surface area (Å²) in [7, 11) is -1.82. The number of aryl methyl sites for hydroxylation is 2. The lowest BCUT2D eigenvalue weighted by atomic mass is 10.2. The van der Waals surface area contributed by atoms with Crippen LogP contribution in [0.3, 0.4) is 0 Å². The molecule has 0 saturated heterocycles. The number of aromatic nitrogens is 1. The van der Waals surface area contributed by atoms with Crippen LogP contribution in [0.15, 0.2) is 34.9 Å². The van der Waals surface area contributed by atoms with Crippen LogP contribution < -0.4 is 0 Å². The van der Waals surface area contributed by atoms with Crippen molar-refractivity contribution in [3.8, 4) is 0 Å². The maximum absolute atomic E-state index is 12.3. The first-order valence-electron chi connectivity index (χ1n) is 6.28. The molecule has 0 spiro atoms. The second-order valence-corrected chi connectivity index (χ2v) is 7.01.